The Balaban J connectivity index is 2.17. The number of H-pyrrole nitrogens is 1. The third-order valence-corrected chi connectivity index (χ3v) is 2.30. The van der Waals surface area contributed by atoms with Crippen molar-refractivity contribution in [1.82, 2.24) is 15.4 Å². The van der Waals surface area contributed by atoms with Crippen molar-refractivity contribution in [3.8, 4) is 5.75 Å². The number of carbonyl (C=O) groups is 1. The van der Waals surface area contributed by atoms with Gasteiger partial charge in [-0.2, -0.15) is 0 Å². The zero-order valence-corrected chi connectivity index (χ0v) is 8.80. The summed E-state index contributed by atoms with van der Waals surface area (Å²) in [6.45, 7) is 0. The lowest BCUT2D eigenvalue weighted by Crippen LogP contribution is -1.94. The van der Waals surface area contributed by atoms with E-state index in [1.807, 2.05) is 24.3 Å². The van der Waals surface area contributed by atoms with Crippen molar-refractivity contribution < 1.29 is 9.53 Å². The summed E-state index contributed by atoms with van der Waals surface area (Å²) in [7, 11) is 1.62. The van der Waals surface area contributed by atoms with E-state index in [-0.39, 0.29) is 0 Å². The number of nitrogens with one attached hydrogen (secondary N) is 1. The Hall–Kier alpha value is -2.17. The fourth-order valence-electron chi connectivity index (χ4n) is 1.43. The Kier molecular flexibility index (Phi) is 2.95. The first kappa shape index (κ1) is 10.4. The maximum atomic E-state index is 10.6. The largest absolute Gasteiger partial charge is 0.497 e. The zero-order valence-electron chi connectivity index (χ0n) is 8.80. The molecule has 1 aromatic heterocycles. The van der Waals surface area contributed by atoms with Crippen LogP contribution in [0.15, 0.2) is 24.3 Å². The summed E-state index contributed by atoms with van der Waals surface area (Å²) < 4.78 is 5.06. The third-order valence-electron chi connectivity index (χ3n) is 2.30. The molecule has 5 heteroatoms. The monoisotopic (exact) mass is 217 g/mol. The Morgan fingerprint density at radius 2 is 2.12 bits per heavy atom. The van der Waals surface area contributed by atoms with Crippen molar-refractivity contribution in [2.45, 2.75) is 6.42 Å². The fraction of sp³-hybridized carbons (Fsp3) is 0.182. The van der Waals surface area contributed by atoms with E-state index in [4.69, 9.17) is 4.74 Å². The van der Waals surface area contributed by atoms with Crippen molar-refractivity contribution in [2.24, 2.45) is 0 Å². The van der Waals surface area contributed by atoms with Gasteiger partial charge in [0.15, 0.2) is 6.29 Å². The van der Waals surface area contributed by atoms with Gasteiger partial charge in [0, 0.05) is 6.42 Å². The first-order chi connectivity index (χ1) is 7.83. The van der Waals surface area contributed by atoms with Crippen molar-refractivity contribution in [3.05, 3.63) is 41.2 Å². The molecule has 0 amide bonds. The molecule has 1 heterocycles. The van der Waals surface area contributed by atoms with Crippen LogP contribution in [-0.2, 0) is 6.42 Å². The summed E-state index contributed by atoms with van der Waals surface area (Å²) in [6, 6.07) is 7.63. The number of hydrogen-bond donors (Lipinski definition) is 1. The number of carbonyl (C=O) groups excluding carboxylic acids is 1. The molecule has 1 aromatic carbocycles. The summed E-state index contributed by atoms with van der Waals surface area (Å²) in [6.07, 6.45) is 1.30. The summed E-state index contributed by atoms with van der Waals surface area (Å²) in [5.41, 5.74) is 2.14. The van der Waals surface area contributed by atoms with E-state index in [2.05, 4.69) is 15.4 Å². The highest BCUT2D eigenvalue weighted by Gasteiger charge is 2.06. The van der Waals surface area contributed by atoms with Crippen molar-refractivity contribution >= 4 is 6.29 Å². The van der Waals surface area contributed by atoms with Gasteiger partial charge in [-0.1, -0.05) is 17.3 Å². The predicted octanol–water partition coefficient (Wildman–Crippen LogP) is 1.22. The van der Waals surface area contributed by atoms with E-state index in [0.29, 0.717) is 18.4 Å². The predicted molar refractivity (Wildman–Crippen MR) is 57.6 cm³/mol. The Bertz CT molecular complexity index is 476. The van der Waals surface area contributed by atoms with E-state index in [0.717, 1.165) is 17.0 Å². The highest BCUT2D eigenvalue weighted by atomic mass is 16.5. The molecule has 2 rings (SSSR count). The minimum atomic E-state index is 0.357. The molecule has 1 N–H and O–H groups in total. The molecule has 0 unspecified atom stereocenters. The molecule has 0 aliphatic rings. The van der Waals surface area contributed by atoms with Crippen LogP contribution in [0.25, 0.3) is 0 Å². The Labute approximate surface area is 92.4 Å². The van der Waals surface area contributed by atoms with E-state index < -0.39 is 0 Å². The zero-order chi connectivity index (χ0) is 11.4. The second-order valence-corrected chi connectivity index (χ2v) is 3.32. The standard InChI is InChI=1S/C11H11N3O2/c1-16-9-4-2-8(3-5-9)6-10-11(7-15)13-14-12-10/h2-5,7H,6H2,1H3,(H,12,13,14). The van der Waals surface area contributed by atoms with E-state index in [1.54, 1.807) is 7.11 Å². The lowest BCUT2D eigenvalue weighted by atomic mass is 10.1. The number of rotatable bonds is 4. The van der Waals surface area contributed by atoms with Gasteiger partial charge in [0.25, 0.3) is 0 Å². The molecule has 0 fully saturated rings. The van der Waals surface area contributed by atoms with Gasteiger partial charge >= 0.3 is 0 Å². The molecule has 0 aliphatic carbocycles. The number of hydrogen-bond acceptors (Lipinski definition) is 4. The quantitative estimate of drug-likeness (QED) is 0.782. The smallest absolute Gasteiger partial charge is 0.172 e. The molecule has 5 nitrogen and oxygen atoms in total. The Morgan fingerprint density at radius 1 is 1.38 bits per heavy atom. The van der Waals surface area contributed by atoms with Crippen LogP contribution >= 0.6 is 0 Å². The van der Waals surface area contributed by atoms with Gasteiger partial charge in [0.2, 0.25) is 0 Å². The highest BCUT2D eigenvalue weighted by molar-refractivity contribution is 5.73. The van der Waals surface area contributed by atoms with Crippen LogP contribution in [0.2, 0.25) is 0 Å². The summed E-state index contributed by atoms with van der Waals surface area (Å²) in [4.78, 5) is 10.6. The molecule has 0 bridgehead atoms. The lowest BCUT2D eigenvalue weighted by molar-refractivity contribution is 0.111. The van der Waals surface area contributed by atoms with Gasteiger partial charge in [-0.3, -0.25) is 9.89 Å². The molecule has 0 aliphatic heterocycles. The number of ether oxygens (including phenoxy) is 1. The van der Waals surface area contributed by atoms with Gasteiger partial charge in [0.05, 0.1) is 12.8 Å². The van der Waals surface area contributed by atoms with Crippen LogP contribution in [0.1, 0.15) is 21.7 Å². The molecule has 0 radical (unpaired) electrons. The molecule has 16 heavy (non-hydrogen) atoms. The van der Waals surface area contributed by atoms with Crippen LogP contribution in [0, 0.1) is 0 Å². The van der Waals surface area contributed by atoms with Crippen LogP contribution in [0.5, 0.6) is 5.75 Å². The number of benzene rings is 1. The number of aromatic nitrogens is 3. The lowest BCUT2D eigenvalue weighted by Gasteiger charge is -2.01. The second kappa shape index (κ2) is 4.57. The van der Waals surface area contributed by atoms with Crippen molar-refractivity contribution in [2.75, 3.05) is 7.11 Å². The number of aldehydes is 1. The van der Waals surface area contributed by atoms with Crippen molar-refractivity contribution in [1.29, 1.82) is 0 Å². The molecule has 82 valence electrons. The van der Waals surface area contributed by atoms with E-state index >= 15 is 0 Å². The molecular weight excluding hydrogens is 206 g/mol. The third kappa shape index (κ3) is 2.08. The summed E-state index contributed by atoms with van der Waals surface area (Å²) >= 11 is 0. The van der Waals surface area contributed by atoms with Gasteiger partial charge in [-0.05, 0) is 17.7 Å². The number of methoxy groups -OCH3 is 1. The van der Waals surface area contributed by atoms with Gasteiger partial charge < -0.3 is 4.74 Å². The SMILES string of the molecule is COc1ccc(Cc2[nH]nnc2C=O)cc1. The van der Waals surface area contributed by atoms with E-state index in [1.165, 1.54) is 0 Å². The first-order valence-electron chi connectivity index (χ1n) is 4.81. The van der Waals surface area contributed by atoms with Gasteiger partial charge in [-0.25, -0.2) is 0 Å². The minimum Gasteiger partial charge on any atom is -0.497 e. The average Bonchev–Trinajstić information content (AvgIpc) is 2.77. The minimum absolute atomic E-state index is 0.357. The molecule has 2 aromatic rings. The topological polar surface area (TPSA) is 67.9 Å². The fourth-order valence-corrected chi connectivity index (χ4v) is 1.43. The number of aromatic amines is 1. The van der Waals surface area contributed by atoms with Crippen LogP contribution in [-0.4, -0.2) is 28.8 Å². The summed E-state index contributed by atoms with van der Waals surface area (Å²) in [5.74, 6) is 0.807. The number of nitrogens with zero attached hydrogens (tertiary/aromatic N) is 2. The average molecular weight is 217 g/mol. The first-order valence-corrected chi connectivity index (χ1v) is 4.81. The maximum Gasteiger partial charge on any atom is 0.172 e. The summed E-state index contributed by atoms with van der Waals surface area (Å²) in [5, 5.41) is 9.97. The maximum absolute atomic E-state index is 10.6. The molecule has 0 saturated heterocycles. The normalized spacial score (nSPS) is 10.1. The Morgan fingerprint density at radius 3 is 2.75 bits per heavy atom. The van der Waals surface area contributed by atoms with Crippen molar-refractivity contribution in [3.63, 3.8) is 0 Å². The van der Waals surface area contributed by atoms with Crippen LogP contribution in [0.3, 0.4) is 0 Å². The van der Waals surface area contributed by atoms with Gasteiger partial charge in [-0.15, -0.1) is 5.10 Å². The van der Waals surface area contributed by atoms with Gasteiger partial charge in [0.1, 0.15) is 11.4 Å². The highest BCUT2D eigenvalue weighted by Crippen LogP contribution is 2.14. The molecule has 0 saturated carbocycles. The second-order valence-electron chi connectivity index (χ2n) is 3.32. The molecule has 0 atom stereocenters. The van der Waals surface area contributed by atoms with Crippen LogP contribution in [0.4, 0.5) is 0 Å². The molecule has 0 spiro atoms. The van der Waals surface area contributed by atoms with Crippen LogP contribution < -0.4 is 4.74 Å². The van der Waals surface area contributed by atoms with E-state index in [9.17, 15) is 4.79 Å². The molecular formula is C11H11N3O2.